The van der Waals surface area contributed by atoms with Crippen LogP contribution in [0.3, 0.4) is 0 Å². The highest BCUT2D eigenvalue weighted by molar-refractivity contribution is 7.54. The van der Waals surface area contributed by atoms with E-state index < -0.39 is 55.7 Å². The minimum atomic E-state index is -4.25. The fraction of sp³-hybridized carbons (Fsp3) is 0.550. The number of imidazole rings is 1. The average molecular weight is 512 g/mol. The van der Waals surface area contributed by atoms with Crippen LogP contribution in [0.4, 0.5) is 10.3 Å². The van der Waals surface area contributed by atoms with E-state index >= 15 is 4.39 Å². The Balaban J connectivity index is 2.00. The first-order valence-corrected chi connectivity index (χ1v) is 12.3. The first-order chi connectivity index (χ1) is 16.7. The molecule has 15 heteroatoms. The number of nitrogens with one attached hydrogen (secondary N) is 2. The van der Waals surface area contributed by atoms with Crippen molar-refractivity contribution in [3.63, 3.8) is 0 Å². The van der Waals surface area contributed by atoms with Crippen LogP contribution >= 0.6 is 7.60 Å². The number of alkyl halides is 1. The van der Waals surface area contributed by atoms with Gasteiger partial charge in [-0.15, -0.1) is 6.58 Å². The number of ether oxygens (including phenoxy) is 1. The van der Waals surface area contributed by atoms with Gasteiger partial charge in [0.1, 0.15) is 11.8 Å². The minimum absolute atomic E-state index is 0.106. The second-order valence-corrected chi connectivity index (χ2v) is 10.1. The molecule has 3 heterocycles. The highest BCUT2D eigenvalue weighted by Crippen LogP contribution is 2.60. The number of carbonyl (C=O) groups is 1. The summed E-state index contributed by atoms with van der Waals surface area (Å²) in [4.78, 5) is 35.0. The summed E-state index contributed by atoms with van der Waals surface area (Å²) in [5.41, 5.74) is -2.50. The Morgan fingerprint density at radius 2 is 2.29 bits per heavy atom. The van der Waals surface area contributed by atoms with E-state index in [0.29, 0.717) is 0 Å². The maximum atomic E-state index is 15.8. The third-order valence-electron chi connectivity index (χ3n) is 5.17. The Labute approximate surface area is 199 Å². The van der Waals surface area contributed by atoms with Gasteiger partial charge in [0.15, 0.2) is 23.6 Å². The van der Waals surface area contributed by atoms with Gasteiger partial charge in [0.05, 0.1) is 38.6 Å². The molecule has 0 aromatic carbocycles. The fourth-order valence-corrected chi connectivity index (χ4v) is 5.62. The number of aliphatic hydroxyl groups is 1. The number of halogens is 1. The number of carbonyl (C=O) groups excluding carboxylic acids is 1. The normalized spacial score (nSPS) is 23.8. The summed E-state index contributed by atoms with van der Waals surface area (Å²) >= 11 is 0. The molecule has 190 valence electrons. The Morgan fingerprint density at radius 1 is 1.54 bits per heavy atom. The molecule has 5 atom stereocenters. The lowest BCUT2D eigenvalue weighted by Crippen LogP contribution is -2.33. The molecule has 0 bridgehead atoms. The first kappa shape index (κ1) is 26.7. The highest BCUT2D eigenvalue weighted by atomic mass is 31.2. The quantitative estimate of drug-likeness (QED) is 0.227. The molecule has 2 aromatic heterocycles. The van der Waals surface area contributed by atoms with Crippen LogP contribution in [0.5, 0.6) is 0 Å². The number of anilines is 1. The highest BCUT2D eigenvalue weighted by Gasteiger charge is 2.57. The predicted molar refractivity (Wildman–Crippen MR) is 121 cm³/mol. The molecule has 1 fully saturated rings. The van der Waals surface area contributed by atoms with Gasteiger partial charge in [-0.25, -0.2) is 9.37 Å². The van der Waals surface area contributed by atoms with E-state index in [-0.39, 0.29) is 36.7 Å². The summed E-state index contributed by atoms with van der Waals surface area (Å²) in [6, 6.07) is 1.83. The molecular formula is C20H26FN6O7P. The number of aliphatic hydroxyl groups excluding tert-OH is 1. The van der Waals surface area contributed by atoms with Gasteiger partial charge in [0.25, 0.3) is 5.56 Å². The maximum Gasteiger partial charge on any atom is 0.339 e. The summed E-state index contributed by atoms with van der Waals surface area (Å²) in [5.74, 6) is -0.980. The van der Waals surface area contributed by atoms with Crippen molar-refractivity contribution in [2.24, 2.45) is 5.92 Å². The van der Waals surface area contributed by atoms with Gasteiger partial charge in [-0.3, -0.25) is 29.0 Å². The fourth-order valence-electron chi connectivity index (χ4n) is 3.47. The van der Waals surface area contributed by atoms with E-state index in [1.165, 1.54) is 6.08 Å². The maximum absolute atomic E-state index is 15.8. The zero-order valence-corrected chi connectivity index (χ0v) is 20.0. The van der Waals surface area contributed by atoms with Gasteiger partial charge in [-0.05, 0) is 0 Å². The van der Waals surface area contributed by atoms with Gasteiger partial charge in [-0.2, -0.15) is 10.2 Å². The van der Waals surface area contributed by atoms with Gasteiger partial charge in [0.2, 0.25) is 11.9 Å². The molecule has 1 saturated heterocycles. The van der Waals surface area contributed by atoms with Crippen molar-refractivity contribution in [2.75, 3.05) is 25.1 Å². The lowest BCUT2D eigenvalue weighted by molar-refractivity contribution is -0.118. The van der Waals surface area contributed by atoms with E-state index in [1.807, 2.05) is 6.07 Å². The molecule has 0 saturated carbocycles. The second kappa shape index (κ2) is 11.2. The summed E-state index contributed by atoms with van der Waals surface area (Å²) in [7, 11) is -4.25. The van der Waals surface area contributed by atoms with E-state index in [1.54, 1.807) is 13.8 Å². The van der Waals surface area contributed by atoms with Crippen LogP contribution in [0.2, 0.25) is 0 Å². The lowest BCUT2D eigenvalue weighted by atomic mass is 10.2. The Morgan fingerprint density at radius 3 is 2.91 bits per heavy atom. The van der Waals surface area contributed by atoms with Crippen LogP contribution in [0.25, 0.3) is 11.2 Å². The standard InChI is InChI=1S/C20H26FN6O7P/c1-4-7-32-35(31,33-8-5-6-22)15-12(9-28)34-19(13(15)21)27-10-23-14-16(27)24-20(26-18(14)30)25-17(29)11(2)3/h4,10-13,15,19,28H,1,5,7-9H2,2-3H3,(H2,24,25,26,29,30)/t12?,13-,15-,19?,35?/m1/s1. The van der Waals surface area contributed by atoms with Crippen molar-refractivity contribution < 1.29 is 32.6 Å². The number of H-pyrrole nitrogens is 1. The largest absolute Gasteiger partial charge is 0.394 e. The van der Waals surface area contributed by atoms with E-state index in [2.05, 4.69) is 26.8 Å². The molecule has 0 aliphatic carbocycles. The summed E-state index contributed by atoms with van der Waals surface area (Å²) in [5, 5.41) is 21.1. The Hall–Kier alpha value is -2.95. The van der Waals surface area contributed by atoms with E-state index in [0.717, 1.165) is 10.9 Å². The van der Waals surface area contributed by atoms with Crippen LogP contribution in [0.15, 0.2) is 23.8 Å². The number of amides is 1. The predicted octanol–water partition coefficient (Wildman–Crippen LogP) is 1.64. The zero-order chi connectivity index (χ0) is 25.8. The van der Waals surface area contributed by atoms with Crippen LogP contribution in [-0.4, -0.2) is 68.3 Å². The van der Waals surface area contributed by atoms with Gasteiger partial charge >= 0.3 is 7.60 Å². The monoisotopic (exact) mass is 512 g/mol. The number of nitrogens with zero attached hydrogens (tertiary/aromatic N) is 4. The molecule has 0 spiro atoms. The summed E-state index contributed by atoms with van der Waals surface area (Å²) < 4.78 is 46.7. The van der Waals surface area contributed by atoms with Crippen molar-refractivity contribution >= 4 is 30.6 Å². The van der Waals surface area contributed by atoms with Crippen LogP contribution in [0, 0.1) is 17.2 Å². The number of aromatic amines is 1. The van der Waals surface area contributed by atoms with Gasteiger partial charge in [0, 0.05) is 5.92 Å². The van der Waals surface area contributed by atoms with E-state index in [4.69, 9.17) is 19.0 Å². The van der Waals surface area contributed by atoms with Crippen LogP contribution in [-0.2, 0) is 23.1 Å². The molecule has 1 aliphatic heterocycles. The smallest absolute Gasteiger partial charge is 0.339 e. The van der Waals surface area contributed by atoms with Crippen molar-refractivity contribution in [3.8, 4) is 6.07 Å². The molecular weight excluding hydrogens is 486 g/mol. The van der Waals surface area contributed by atoms with Gasteiger partial charge < -0.3 is 18.9 Å². The van der Waals surface area contributed by atoms with Crippen LogP contribution < -0.4 is 10.9 Å². The molecule has 1 aliphatic rings. The molecule has 0 radical (unpaired) electrons. The number of fused-ring (bicyclic) bond motifs is 1. The van der Waals surface area contributed by atoms with Gasteiger partial charge in [-0.1, -0.05) is 19.9 Å². The van der Waals surface area contributed by atoms with E-state index in [9.17, 15) is 19.3 Å². The number of nitriles is 1. The lowest BCUT2D eigenvalue weighted by Gasteiger charge is -2.26. The third-order valence-corrected chi connectivity index (χ3v) is 7.57. The van der Waals surface area contributed by atoms with Crippen molar-refractivity contribution in [2.45, 2.75) is 44.4 Å². The molecule has 2 aromatic rings. The molecule has 35 heavy (non-hydrogen) atoms. The van der Waals surface area contributed by atoms with Crippen molar-refractivity contribution in [3.05, 3.63) is 29.3 Å². The molecule has 13 nitrogen and oxygen atoms in total. The Kier molecular flexibility index (Phi) is 8.52. The van der Waals surface area contributed by atoms with Crippen LogP contribution in [0.1, 0.15) is 26.5 Å². The number of hydrogen-bond acceptors (Lipinski definition) is 10. The molecule has 3 rings (SSSR count). The minimum Gasteiger partial charge on any atom is -0.394 e. The topological polar surface area (TPSA) is 181 Å². The first-order valence-electron chi connectivity index (χ1n) is 10.7. The summed E-state index contributed by atoms with van der Waals surface area (Å²) in [6.45, 7) is 5.52. The average Bonchev–Trinajstić information content (AvgIpc) is 3.38. The molecule has 3 unspecified atom stereocenters. The number of rotatable bonds is 11. The number of aromatic nitrogens is 4. The van der Waals surface area contributed by atoms with Crippen molar-refractivity contribution in [1.82, 2.24) is 19.5 Å². The summed E-state index contributed by atoms with van der Waals surface area (Å²) in [6.07, 6.45) is -2.60. The zero-order valence-electron chi connectivity index (χ0n) is 19.1. The SMILES string of the molecule is C=CCOP(=O)(OCCC#N)[C@@H]1C(CO)OC(n2cnc3c(=O)[nH]c(NC(=O)C(C)C)nc32)[C@@H]1F. The Bertz CT molecular complexity index is 1220. The second-order valence-electron chi connectivity index (χ2n) is 7.93. The third kappa shape index (κ3) is 5.50. The number of hydrogen-bond donors (Lipinski definition) is 3. The molecule has 3 N–H and O–H groups in total. The molecule has 1 amide bonds. The van der Waals surface area contributed by atoms with Crippen molar-refractivity contribution in [1.29, 1.82) is 5.26 Å².